The Morgan fingerprint density at radius 3 is 2.86 bits per heavy atom. The first-order valence-electron chi connectivity index (χ1n) is 3.83. The quantitative estimate of drug-likeness (QED) is 0.671. The smallest absolute Gasteiger partial charge is 0.349 e. The van der Waals surface area contributed by atoms with E-state index in [4.69, 9.17) is 9.84 Å². The van der Waals surface area contributed by atoms with E-state index in [1.807, 2.05) is 0 Å². The number of carboxylic acids is 1. The maximum Gasteiger partial charge on any atom is 0.349 e. The van der Waals surface area contributed by atoms with Crippen LogP contribution in [0.4, 0.5) is 4.39 Å². The van der Waals surface area contributed by atoms with E-state index in [0.717, 1.165) is 12.2 Å². The maximum absolute atomic E-state index is 12.7. The molecule has 0 bridgehead atoms. The molecule has 1 heterocycles. The molecule has 1 aliphatic carbocycles. The molecule has 0 amide bonds. The summed E-state index contributed by atoms with van der Waals surface area (Å²) < 4.78 is 17.5. The molecule has 14 heavy (non-hydrogen) atoms. The van der Waals surface area contributed by atoms with Gasteiger partial charge in [0.05, 0.1) is 5.57 Å². The van der Waals surface area contributed by atoms with Crippen LogP contribution < -0.4 is 0 Å². The van der Waals surface area contributed by atoms with Crippen molar-refractivity contribution in [1.82, 2.24) is 0 Å². The Morgan fingerprint density at radius 2 is 2.21 bits per heavy atom. The molecule has 0 aromatic carbocycles. The van der Waals surface area contributed by atoms with E-state index < -0.39 is 23.7 Å². The molecule has 0 fully saturated rings. The minimum atomic E-state index is -1.21. The van der Waals surface area contributed by atoms with Gasteiger partial charge in [0.1, 0.15) is 11.6 Å². The van der Waals surface area contributed by atoms with E-state index in [2.05, 4.69) is 0 Å². The number of hydrogen-bond donors (Lipinski definition) is 1. The van der Waals surface area contributed by atoms with E-state index in [0.29, 0.717) is 0 Å². The van der Waals surface area contributed by atoms with Crippen LogP contribution >= 0.6 is 0 Å². The third-order valence-corrected chi connectivity index (χ3v) is 1.88. The first kappa shape index (κ1) is 8.68. The summed E-state index contributed by atoms with van der Waals surface area (Å²) in [5.74, 6) is -2.51. The molecule has 1 atom stereocenters. The Hall–Kier alpha value is -1.91. The van der Waals surface area contributed by atoms with Crippen LogP contribution in [-0.4, -0.2) is 23.0 Å². The zero-order chi connectivity index (χ0) is 10.3. The van der Waals surface area contributed by atoms with Crippen molar-refractivity contribution in [1.29, 1.82) is 0 Å². The van der Waals surface area contributed by atoms with E-state index >= 15 is 0 Å². The van der Waals surface area contributed by atoms with Gasteiger partial charge in [0.2, 0.25) is 6.10 Å². The fourth-order valence-electron chi connectivity index (χ4n) is 1.27. The highest BCUT2D eigenvalue weighted by atomic mass is 19.1. The summed E-state index contributed by atoms with van der Waals surface area (Å²) in [7, 11) is 0. The van der Waals surface area contributed by atoms with Gasteiger partial charge in [-0.1, -0.05) is 0 Å². The highest BCUT2D eigenvalue weighted by Crippen LogP contribution is 2.29. The first-order valence-corrected chi connectivity index (χ1v) is 3.83. The zero-order valence-electron chi connectivity index (χ0n) is 6.86. The van der Waals surface area contributed by atoms with Crippen molar-refractivity contribution in [3.05, 3.63) is 35.4 Å². The Bertz CT molecular complexity index is 417. The second kappa shape index (κ2) is 2.80. The summed E-state index contributed by atoms with van der Waals surface area (Å²) in [6, 6.07) is 0. The van der Waals surface area contributed by atoms with Crippen molar-refractivity contribution in [2.45, 2.75) is 6.10 Å². The fourth-order valence-corrected chi connectivity index (χ4v) is 1.27. The number of carbonyl (C=O) groups is 2. The summed E-state index contributed by atoms with van der Waals surface area (Å²) in [6.07, 6.45) is 1.76. The van der Waals surface area contributed by atoms with Crippen LogP contribution in [0.3, 0.4) is 0 Å². The Balaban J connectivity index is 2.38. The third-order valence-electron chi connectivity index (χ3n) is 1.88. The van der Waals surface area contributed by atoms with Gasteiger partial charge in [-0.15, -0.1) is 0 Å². The standard InChI is InChI=1S/C9H5FO4/c10-4-1-6(11)5-3-8(9(12)13)14-7(5)2-4/h1-3,8H,(H,12,13). The van der Waals surface area contributed by atoms with Gasteiger partial charge in [0.15, 0.2) is 5.78 Å². The molecule has 0 aromatic heterocycles. The number of hydrogen-bond acceptors (Lipinski definition) is 3. The van der Waals surface area contributed by atoms with Gasteiger partial charge in [-0.2, -0.15) is 0 Å². The largest absolute Gasteiger partial charge is 0.478 e. The van der Waals surface area contributed by atoms with Crippen molar-refractivity contribution >= 4 is 11.8 Å². The molecular formula is C9H5FO4. The monoisotopic (exact) mass is 196 g/mol. The van der Waals surface area contributed by atoms with Crippen LogP contribution in [0.5, 0.6) is 0 Å². The lowest BCUT2D eigenvalue weighted by molar-refractivity contribution is -0.144. The van der Waals surface area contributed by atoms with E-state index in [9.17, 15) is 14.0 Å². The molecule has 1 unspecified atom stereocenters. The predicted octanol–water partition coefficient (Wildman–Crippen LogP) is 0.716. The van der Waals surface area contributed by atoms with Crippen molar-refractivity contribution in [2.75, 3.05) is 0 Å². The molecule has 0 saturated heterocycles. The van der Waals surface area contributed by atoms with Gasteiger partial charge in [-0.25, -0.2) is 9.18 Å². The van der Waals surface area contributed by atoms with E-state index in [1.54, 1.807) is 0 Å². The van der Waals surface area contributed by atoms with Gasteiger partial charge in [-0.3, -0.25) is 4.79 Å². The number of allylic oxidation sites excluding steroid dienone is 4. The highest BCUT2D eigenvalue weighted by Gasteiger charge is 2.32. The Morgan fingerprint density at radius 1 is 1.50 bits per heavy atom. The van der Waals surface area contributed by atoms with Crippen molar-refractivity contribution in [2.24, 2.45) is 0 Å². The van der Waals surface area contributed by atoms with Crippen LogP contribution in [0.1, 0.15) is 0 Å². The molecular weight excluding hydrogens is 191 g/mol. The third kappa shape index (κ3) is 1.22. The highest BCUT2D eigenvalue weighted by molar-refractivity contribution is 6.09. The molecule has 0 aromatic rings. The van der Waals surface area contributed by atoms with Gasteiger partial charge in [0, 0.05) is 12.2 Å². The average molecular weight is 196 g/mol. The van der Waals surface area contributed by atoms with Gasteiger partial charge in [0.25, 0.3) is 0 Å². The lowest BCUT2D eigenvalue weighted by Gasteiger charge is -2.08. The number of ketones is 1. The van der Waals surface area contributed by atoms with Gasteiger partial charge < -0.3 is 9.84 Å². The summed E-state index contributed by atoms with van der Waals surface area (Å²) in [5, 5.41) is 8.59. The van der Waals surface area contributed by atoms with E-state index in [-0.39, 0.29) is 11.3 Å². The minimum Gasteiger partial charge on any atom is -0.478 e. The van der Waals surface area contributed by atoms with Crippen molar-refractivity contribution in [3.8, 4) is 0 Å². The average Bonchev–Trinajstić information content (AvgIpc) is 2.47. The minimum absolute atomic E-state index is 0.0117. The number of halogens is 1. The number of rotatable bonds is 1. The molecule has 2 aliphatic rings. The lowest BCUT2D eigenvalue weighted by Crippen LogP contribution is -2.16. The zero-order valence-corrected chi connectivity index (χ0v) is 6.86. The molecule has 0 spiro atoms. The van der Waals surface area contributed by atoms with Crippen LogP contribution in [0.25, 0.3) is 0 Å². The molecule has 0 saturated carbocycles. The molecule has 1 aliphatic heterocycles. The van der Waals surface area contributed by atoms with Crippen molar-refractivity contribution < 1.29 is 23.8 Å². The number of ether oxygens (including phenoxy) is 1. The molecule has 72 valence electrons. The van der Waals surface area contributed by atoms with Gasteiger partial charge in [-0.05, 0) is 6.08 Å². The van der Waals surface area contributed by atoms with Crippen molar-refractivity contribution in [3.63, 3.8) is 0 Å². The Kier molecular flexibility index (Phi) is 1.73. The lowest BCUT2D eigenvalue weighted by atomic mass is 10.0. The second-order valence-electron chi connectivity index (χ2n) is 2.86. The Labute approximate surface area is 78.0 Å². The SMILES string of the molecule is O=C1C=C(F)C=C2OC(C(=O)O)C=C12. The summed E-state index contributed by atoms with van der Waals surface area (Å²) in [6.45, 7) is 0. The van der Waals surface area contributed by atoms with Crippen LogP contribution in [0, 0.1) is 0 Å². The normalized spacial score (nSPS) is 24.5. The molecule has 0 radical (unpaired) electrons. The number of fused-ring (bicyclic) bond motifs is 1. The number of aliphatic carboxylic acids is 1. The summed E-state index contributed by atoms with van der Waals surface area (Å²) in [5.41, 5.74) is 0.110. The topological polar surface area (TPSA) is 63.6 Å². The predicted molar refractivity (Wildman–Crippen MR) is 42.9 cm³/mol. The summed E-state index contributed by atoms with van der Waals surface area (Å²) in [4.78, 5) is 21.7. The van der Waals surface area contributed by atoms with E-state index in [1.165, 1.54) is 6.08 Å². The molecule has 1 N–H and O–H groups in total. The molecule has 5 heteroatoms. The maximum atomic E-state index is 12.7. The van der Waals surface area contributed by atoms with Crippen LogP contribution in [-0.2, 0) is 14.3 Å². The fraction of sp³-hybridized carbons (Fsp3) is 0.111. The van der Waals surface area contributed by atoms with Crippen LogP contribution in [0.15, 0.2) is 35.4 Å². The number of carbonyl (C=O) groups excluding carboxylic acids is 1. The number of carboxylic acid groups (broad SMARTS) is 1. The first-order chi connectivity index (χ1) is 6.58. The molecule has 2 rings (SSSR count). The second-order valence-corrected chi connectivity index (χ2v) is 2.86. The van der Waals surface area contributed by atoms with Gasteiger partial charge >= 0.3 is 5.97 Å². The summed E-state index contributed by atoms with van der Waals surface area (Å²) >= 11 is 0. The van der Waals surface area contributed by atoms with Crippen LogP contribution in [0.2, 0.25) is 0 Å². The molecule has 4 nitrogen and oxygen atoms in total.